The van der Waals surface area contributed by atoms with Crippen molar-refractivity contribution in [2.75, 3.05) is 0 Å². The number of carbonyl (C=O) groups excluding carboxylic acids is 1. The lowest BCUT2D eigenvalue weighted by molar-refractivity contribution is 0.0701. The highest BCUT2D eigenvalue weighted by Crippen LogP contribution is 2.21. The van der Waals surface area contributed by atoms with Crippen LogP contribution < -0.4 is 10.3 Å². The van der Waals surface area contributed by atoms with Crippen LogP contribution in [0.3, 0.4) is 0 Å². The lowest BCUT2D eigenvalue weighted by Gasteiger charge is -2.08. The molecule has 5 rings (SSSR count). The molecule has 0 N–H and O–H groups in total. The van der Waals surface area contributed by atoms with Crippen molar-refractivity contribution in [1.29, 1.82) is 0 Å². The molecule has 8 nitrogen and oxygen atoms in total. The van der Waals surface area contributed by atoms with Crippen LogP contribution in [0.15, 0.2) is 104 Å². The van der Waals surface area contributed by atoms with E-state index in [-0.39, 0.29) is 22.9 Å². The van der Waals surface area contributed by atoms with Crippen molar-refractivity contribution in [1.82, 2.24) is 9.66 Å². The summed E-state index contributed by atoms with van der Waals surface area (Å²) in [5.41, 5.74) is 0.657. The first-order valence-corrected chi connectivity index (χ1v) is 9.65. The molecule has 8 heteroatoms. The van der Waals surface area contributed by atoms with Crippen molar-refractivity contribution >= 4 is 23.1 Å². The van der Waals surface area contributed by atoms with Crippen LogP contribution in [0.4, 0.5) is 0 Å². The first-order valence-electron chi connectivity index (χ1n) is 9.65. The fourth-order valence-electron chi connectivity index (χ4n) is 3.14. The van der Waals surface area contributed by atoms with Crippen LogP contribution in [0.25, 0.3) is 22.5 Å². The number of esters is 1. The van der Waals surface area contributed by atoms with Crippen molar-refractivity contribution < 1.29 is 18.4 Å². The summed E-state index contributed by atoms with van der Waals surface area (Å²) in [6.07, 6.45) is 4.31. The van der Waals surface area contributed by atoms with E-state index in [4.69, 9.17) is 13.6 Å². The minimum absolute atomic E-state index is 0.0757. The average Bonchev–Trinajstić information content (AvgIpc) is 3.54. The molecule has 156 valence electrons. The number of benzene rings is 2. The zero-order chi connectivity index (χ0) is 21.9. The number of nitrogens with zero attached hydrogens (tertiary/aromatic N) is 3. The van der Waals surface area contributed by atoms with Crippen LogP contribution in [0.1, 0.15) is 16.1 Å². The Morgan fingerprint density at radius 2 is 1.72 bits per heavy atom. The second-order valence-corrected chi connectivity index (χ2v) is 6.70. The number of para-hydroxylation sites is 2. The molecule has 3 aromatic heterocycles. The van der Waals surface area contributed by atoms with Gasteiger partial charge in [-0.25, -0.2) is 9.78 Å². The van der Waals surface area contributed by atoms with Crippen molar-refractivity contribution in [2.24, 2.45) is 5.10 Å². The lowest BCUT2D eigenvalue weighted by Crippen LogP contribution is -2.20. The zero-order valence-corrected chi connectivity index (χ0v) is 16.5. The summed E-state index contributed by atoms with van der Waals surface area (Å²) in [4.78, 5) is 30.0. The monoisotopic (exact) mass is 425 g/mol. The highest BCUT2D eigenvalue weighted by molar-refractivity contribution is 5.91. The summed E-state index contributed by atoms with van der Waals surface area (Å²) < 4.78 is 17.1. The summed E-state index contributed by atoms with van der Waals surface area (Å²) in [5, 5.41) is 4.77. The molecule has 0 fully saturated rings. The van der Waals surface area contributed by atoms with Gasteiger partial charge in [-0.15, -0.1) is 0 Å². The van der Waals surface area contributed by atoms with E-state index < -0.39 is 5.97 Å². The van der Waals surface area contributed by atoms with Gasteiger partial charge in [0, 0.05) is 5.56 Å². The van der Waals surface area contributed by atoms with E-state index in [0.717, 1.165) is 4.68 Å². The first-order chi connectivity index (χ1) is 15.7. The van der Waals surface area contributed by atoms with Crippen LogP contribution in [-0.2, 0) is 0 Å². The van der Waals surface area contributed by atoms with Crippen LogP contribution in [0.5, 0.6) is 5.75 Å². The molecule has 0 spiro atoms. The smallest absolute Gasteiger partial charge is 0.379 e. The molecule has 5 aromatic rings. The van der Waals surface area contributed by atoms with Crippen molar-refractivity contribution in [3.05, 3.63) is 107 Å². The minimum Gasteiger partial charge on any atom is -0.461 e. The van der Waals surface area contributed by atoms with Gasteiger partial charge < -0.3 is 13.6 Å². The molecule has 0 radical (unpaired) electrons. The fourth-order valence-corrected chi connectivity index (χ4v) is 3.14. The summed E-state index contributed by atoms with van der Waals surface area (Å²) in [6.45, 7) is 0. The third kappa shape index (κ3) is 3.61. The number of hydrogen-bond acceptors (Lipinski definition) is 7. The lowest BCUT2D eigenvalue weighted by atomic mass is 10.2. The highest BCUT2D eigenvalue weighted by Gasteiger charge is 2.16. The molecule has 0 aliphatic rings. The molecule has 0 aliphatic heterocycles. The van der Waals surface area contributed by atoms with Crippen molar-refractivity contribution in [3.63, 3.8) is 0 Å². The fraction of sp³-hybridized carbons (Fsp3) is 0. The van der Waals surface area contributed by atoms with E-state index in [0.29, 0.717) is 22.2 Å². The molecule has 32 heavy (non-hydrogen) atoms. The van der Waals surface area contributed by atoms with E-state index >= 15 is 0 Å². The number of furan rings is 2. The van der Waals surface area contributed by atoms with Gasteiger partial charge in [-0.05, 0) is 48.5 Å². The van der Waals surface area contributed by atoms with E-state index in [1.54, 1.807) is 66.7 Å². The SMILES string of the molecule is O=C(Oc1ccccc1/C=N/n1c(-c2ccco2)nc2ccccc2c1=O)c1ccco1. The molecule has 0 atom stereocenters. The number of fused-ring (bicyclic) bond motifs is 1. The Kier molecular flexibility index (Phi) is 4.93. The van der Waals surface area contributed by atoms with Gasteiger partial charge >= 0.3 is 5.97 Å². The molecule has 3 heterocycles. The quantitative estimate of drug-likeness (QED) is 0.236. The molecule has 0 unspecified atom stereocenters. The molecule has 0 aliphatic carbocycles. The zero-order valence-electron chi connectivity index (χ0n) is 16.5. The standard InChI is InChI=1S/C24H15N3O5/c28-23-17-8-2-3-9-18(17)26-22(20-11-5-13-30-20)27(23)25-15-16-7-1-4-10-19(16)32-24(29)21-12-6-14-31-21/h1-15H/b25-15+. The Hall–Kier alpha value is -4.72. The van der Waals surface area contributed by atoms with Crippen LogP contribution >= 0.6 is 0 Å². The van der Waals surface area contributed by atoms with Gasteiger partial charge in [-0.3, -0.25) is 4.79 Å². The van der Waals surface area contributed by atoms with Gasteiger partial charge in [0.25, 0.3) is 5.56 Å². The molecular weight excluding hydrogens is 410 g/mol. The van der Waals surface area contributed by atoms with Crippen molar-refractivity contribution in [2.45, 2.75) is 0 Å². The minimum atomic E-state index is -0.642. The predicted molar refractivity (Wildman–Crippen MR) is 117 cm³/mol. The van der Waals surface area contributed by atoms with Crippen LogP contribution in [-0.4, -0.2) is 21.8 Å². The van der Waals surface area contributed by atoms with Gasteiger partial charge in [0.15, 0.2) is 5.76 Å². The number of rotatable bonds is 5. The van der Waals surface area contributed by atoms with Gasteiger partial charge in [0.05, 0.1) is 29.6 Å². The maximum absolute atomic E-state index is 13.2. The number of carbonyl (C=O) groups is 1. The van der Waals surface area contributed by atoms with Crippen LogP contribution in [0.2, 0.25) is 0 Å². The second-order valence-electron chi connectivity index (χ2n) is 6.70. The molecular formula is C24H15N3O5. The highest BCUT2D eigenvalue weighted by atomic mass is 16.5. The Balaban J connectivity index is 1.58. The van der Waals surface area contributed by atoms with E-state index in [1.165, 1.54) is 24.8 Å². The van der Waals surface area contributed by atoms with E-state index in [2.05, 4.69) is 10.1 Å². The summed E-state index contributed by atoms with van der Waals surface area (Å²) in [7, 11) is 0. The van der Waals surface area contributed by atoms with Gasteiger partial charge in [-0.2, -0.15) is 9.78 Å². The Morgan fingerprint density at radius 3 is 2.53 bits per heavy atom. The maximum Gasteiger partial charge on any atom is 0.379 e. The molecule has 0 saturated carbocycles. The largest absolute Gasteiger partial charge is 0.461 e. The maximum atomic E-state index is 13.2. The first kappa shape index (κ1) is 19.3. The topological polar surface area (TPSA) is 99.8 Å². The molecule has 2 aromatic carbocycles. The summed E-state index contributed by atoms with van der Waals surface area (Å²) in [5.74, 6) is 0.338. The third-order valence-electron chi connectivity index (χ3n) is 4.65. The Labute approximate surface area is 181 Å². The van der Waals surface area contributed by atoms with Crippen molar-refractivity contribution in [3.8, 4) is 17.3 Å². The summed E-state index contributed by atoms with van der Waals surface area (Å²) in [6, 6.07) is 20.3. The molecule has 0 bridgehead atoms. The van der Waals surface area contributed by atoms with Gasteiger partial charge in [0.1, 0.15) is 5.75 Å². The van der Waals surface area contributed by atoms with Crippen LogP contribution in [0, 0.1) is 0 Å². The van der Waals surface area contributed by atoms with E-state index in [9.17, 15) is 9.59 Å². The Morgan fingerprint density at radius 1 is 0.938 bits per heavy atom. The normalized spacial score (nSPS) is 11.2. The molecule has 0 amide bonds. The average molecular weight is 425 g/mol. The van der Waals surface area contributed by atoms with E-state index in [1.807, 2.05) is 0 Å². The summed E-state index contributed by atoms with van der Waals surface area (Å²) >= 11 is 0. The van der Waals surface area contributed by atoms with Gasteiger partial charge in [-0.1, -0.05) is 24.3 Å². The second kappa shape index (κ2) is 8.19. The number of ether oxygens (including phenoxy) is 1. The Bertz CT molecular complexity index is 1480. The molecule has 0 saturated heterocycles. The number of hydrogen-bond donors (Lipinski definition) is 0. The van der Waals surface area contributed by atoms with Gasteiger partial charge in [0.2, 0.25) is 11.6 Å². The number of aromatic nitrogens is 2. The third-order valence-corrected chi connectivity index (χ3v) is 4.65. The predicted octanol–water partition coefficient (Wildman–Crippen LogP) is 4.35.